The van der Waals surface area contributed by atoms with Crippen molar-refractivity contribution in [3.05, 3.63) is 114 Å². The van der Waals surface area contributed by atoms with Crippen LogP contribution < -0.4 is 13.9 Å². The summed E-state index contributed by atoms with van der Waals surface area (Å²) in [5.74, 6) is -0.143. The van der Waals surface area contributed by atoms with Crippen LogP contribution in [0.15, 0.2) is 96.2 Å². The maximum atomic E-state index is 15.3. The van der Waals surface area contributed by atoms with Crippen molar-refractivity contribution in [2.24, 2.45) is 0 Å². The number of nitriles is 1. The average molecular weight is 637 g/mol. The van der Waals surface area contributed by atoms with E-state index in [0.29, 0.717) is 61.8 Å². The lowest BCUT2D eigenvalue weighted by molar-refractivity contribution is -0.127. The second-order valence-electron chi connectivity index (χ2n) is 11.6. The molecule has 1 unspecified atom stereocenters. The first-order valence-electron chi connectivity index (χ1n) is 15.2. The molecule has 0 saturated carbocycles. The van der Waals surface area contributed by atoms with E-state index in [9.17, 15) is 13.7 Å². The lowest BCUT2D eigenvalue weighted by Gasteiger charge is -2.46. The van der Waals surface area contributed by atoms with E-state index < -0.39 is 21.5 Å². The van der Waals surface area contributed by atoms with E-state index in [-0.39, 0.29) is 10.6 Å². The average Bonchev–Trinajstić information content (AvgIpc) is 3.33. The second kappa shape index (κ2) is 12.6. The highest BCUT2D eigenvalue weighted by atomic mass is 32.2. The molecular weight excluding hydrogens is 600 g/mol. The van der Waals surface area contributed by atoms with Crippen LogP contribution in [0.4, 0.5) is 11.4 Å². The normalized spacial score (nSPS) is 18.5. The Morgan fingerprint density at radius 1 is 0.935 bits per heavy atom. The van der Waals surface area contributed by atoms with E-state index in [0.717, 1.165) is 15.6 Å². The SMILES string of the molecule is CCOc1ccccc1C1(N2CCN(c3ccncc3)CC2)C(=O)N(S(=O)(=O)c2cccc(CN(C)C)c2)c2ccc(C#N)cc21. The van der Waals surface area contributed by atoms with Crippen molar-refractivity contribution in [2.45, 2.75) is 23.9 Å². The molecule has 11 heteroatoms. The number of sulfonamides is 1. The lowest BCUT2D eigenvalue weighted by Crippen LogP contribution is -2.60. The molecule has 2 aliphatic heterocycles. The highest BCUT2D eigenvalue weighted by molar-refractivity contribution is 7.93. The number of pyridine rings is 1. The zero-order valence-corrected chi connectivity index (χ0v) is 26.9. The molecular formula is C35H36N6O4S. The molecule has 1 saturated heterocycles. The number of hydrogen-bond acceptors (Lipinski definition) is 9. The molecule has 6 rings (SSSR count). The second-order valence-corrected chi connectivity index (χ2v) is 13.4. The molecule has 3 heterocycles. The third kappa shape index (κ3) is 5.28. The van der Waals surface area contributed by atoms with Gasteiger partial charge in [0, 0.05) is 61.9 Å². The van der Waals surface area contributed by atoms with E-state index in [2.05, 4.69) is 16.0 Å². The number of aromatic nitrogens is 1. The predicted molar refractivity (Wildman–Crippen MR) is 176 cm³/mol. The Bertz CT molecular complexity index is 1900. The maximum absolute atomic E-state index is 15.3. The molecule has 3 aromatic carbocycles. The van der Waals surface area contributed by atoms with E-state index in [4.69, 9.17) is 4.74 Å². The minimum atomic E-state index is -4.38. The van der Waals surface area contributed by atoms with Gasteiger partial charge >= 0.3 is 0 Å². The quantitative estimate of drug-likeness (QED) is 0.267. The zero-order chi connectivity index (χ0) is 32.5. The van der Waals surface area contributed by atoms with E-state index in [1.54, 1.807) is 48.8 Å². The van der Waals surface area contributed by atoms with E-state index in [1.807, 2.05) is 67.2 Å². The van der Waals surface area contributed by atoms with Crippen LogP contribution >= 0.6 is 0 Å². The van der Waals surface area contributed by atoms with Crippen LogP contribution in [0.5, 0.6) is 5.75 Å². The van der Waals surface area contributed by atoms with Crippen LogP contribution in [0.3, 0.4) is 0 Å². The fraction of sp³-hybridized carbons (Fsp3) is 0.286. The van der Waals surface area contributed by atoms with Crippen molar-refractivity contribution < 1.29 is 17.9 Å². The maximum Gasteiger partial charge on any atom is 0.271 e. The van der Waals surface area contributed by atoms with Crippen LogP contribution in [-0.2, 0) is 26.9 Å². The van der Waals surface area contributed by atoms with Gasteiger partial charge in [-0.3, -0.25) is 14.7 Å². The topological polar surface area (TPSA) is 110 Å². The number of benzene rings is 3. The van der Waals surface area contributed by atoms with Gasteiger partial charge in [-0.2, -0.15) is 5.26 Å². The summed E-state index contributed by atoms with van der Waals surface area (Å²) in [5, 5.41) is 9.97. The minimum absolute atomic E-state index is 0.0203. The number of piperazine rings is 1. The number of rotatable bonds is 9. The van der Waals surface area contributed by atoms with Crippen molar-refractivity contribution in [1.29, 1.82) is 5.26 Å². The van der Waals surface area contributed by atoms with Gasteiger partial charge in [0.2, 0.25) is 0 Å². The summed E-state index contributed by atoms with van der Waals surface area (Å²) >= 11 is 0. The van der Waals surface area contributed by atoms with Crippen molar-refractivity contribution in [1.82, 2.24) is 14.8 Å². The fourth-order valence-electron chi connectivity index (χ4n) is 6.60. The first-order valence-corrected chi connectivity index (χ1v) is 16.7. The number of anilines is 2. The molecule has 0 spiro atoms. The van der Waals surface area contributed by atoms with Gasteiger partial charge < -0.3 is 14.5 Å². The van der Waals surface area contributed by atoms with Crippen molar-refractivity contribution in [3.63, 3.8) is 0 Å². The molecule has 1 aromatic heterocycles. The van der Waals surface area contributed by atoms with Gasteiger partial charge in [0.1, 0.15) is 5.75 Å². The molecule has 10 nitrogen and oxygen atoms in total. The Hall–Kier alpha value is -4.76. The van der Waals surface area contributed by atoms with Gasteiger partial charge in [0.05, 0.1) is 28.8 Å². The Morgan fingerprint density at radius 3 is 2.37 bits per heavy atom. The Morgan fingerprint density at radius 2 is 1.67 bits per heavy atom. The summed E-state index contributed by atoms with van der Waals surface area (Å²) in [6, 6.07) is 24.9. The number of carbonyl (C=O) groups is 1. The monoisotopic (exact) mass is 636 g/mol. The summed E-state index contributed by atoms with van der Waals surface area (Å²) in [5.41, 5.74) is 1.77. The van der Waals surface area contributed by atoms with Crippen molar-refractivity contribution >= 4 is 27.3 Å². The largest absolute Gasteiger partial charge is 0.493 e. The summed E-state index contributed by atoms with van der Waals surface area (Å²) in [4.78, 5) is 25.7. The van der Waals surface area contributed by atoms with Crippen LogP contribution in [0.1, 0.15) is 29.2 Å². The number of para-hydroxylation sites is 1. The summed E-state index contributed by atoms with van der Waals surface area (Å²) in [6.07, 6.45) is 3.50. The molecule has 2 aliphatic rings. The zero-order valence-electron chi connectivity index (χ0n) is 26.1. The van der Waals surface area contributed by atoms with Gasteiger partial charge in [-0.05, 0) is 75.1 Å². The van der Waals surface area contributed by atoms with Crippen molar-refractivity contribution in [3.8, 4) is 11.8 Å². The third-order valence-corrected chi connectivity index (χ3v) is 10.2. The standard InChI is InChI=1S/C35H36N6O4S/c1-4-45-33-11-6-5-10-30(33)35(40-20-18-39(19-21-40)28-14-16-37-17-15-28)31-23-26(24-36)12-13-32(31)41(34(35)42)46(43,44)29-9-7-8-27(22-29)25-38(2)3/h5-17,22-23H,4,18-21,25H2,1-3H3. The van der Waals surface area contributed by atoms with Gasteiger partial charge in [-0.1, -0.05) is 30.3 Å². The highest BCUT2D eigenvalue weighted by Gasteiger charge is 2.60. The van der Waals surface area contributed by atoms with Crippen molar-refractivity contribution in [2.75, 3.05) is 56.1 Å². The van der Waals surface area contributed by atoms with Gasteiger partial charge in [0.25, 0.3) is 15.9 Å². The summed E-state index contributed by atoms with van der Waals surface area (Å²) < 4.78 is 36.3. The third-order valence-electron chi connectivity index (χ3n) is 8.52. The molecule has 1 fully saturated rings. The van der Waals surface area contributed by atoms with Crippen LogP contribution in [0.2, 0.25) is 0 Å². The number of fused-ring (bicyclic) bond motifs is 1. The Balaban J connectivity index is 1.55. The minimum Gasteiger partial charge on any atom is -0.493 e. The first-order chi connectivity index (χ1) is 22.2. The number of nitrogens with zero attached hydrogens (tertiary/aromatic N) is 6. The van der Waals surface area contributed by atoms with E-state index in [1.165, 1.54) is 6.07 Å². The Labute approximate surface area is 270 Å². The molecule has 0 radical (unpaired) electrons. The molecule has 1 atom stereocenters. The molecule has 46 heavy (non-hydrogen) atoms. The van der Waals surface area contributed by atoms with E-state index >= 15 is 4.79 Å². The predicted octanol–water partition coefficient (Wildman–Crippen LogP) is 4.21. The van der Waals surface area contributed by atoms with Gasteiger partial charge in [0.15, 0.2) is 5.54 Å². The number of amides is 1. The Kier molecular flexibility index (Phi) is 8.53. The van der Waals surface area contributed by atoms with Crippen LogP contribution in [0, 0.1) is 11.3 Å². The lowest BCUT2D eigenvalue weighted by atomic mass is 9.80. The molecule has 1 amide bonds. The van der Waals surface area contributed by atoms with Gasteiger partial charge in [-0.25, -0.2) is 12.7 Å². The highest BCUT2D eigenvalue weighted by Crippen LogP contribution is 2.53. The molecule has 0 bridgehead atoms. The summed E-state index contributed by atoms with van der Waals surface area (Å²) in [7, 11) is -0.559. The van der Waals surface area contributed by atoms with Crippen LogP contribution in [0.25, 0.3) is 0 Å². The number of carbonyl (C=O) groups excluding carboxylic acids is 1. The smallest absolute Gasteiger partial charge is 0.271 e. The fourth-order valence-corrected chi connectivity index (χ4v) is 8.13. The molecule has 236 valence electrons. The summed E-state index contributed by atoms with van der Waals surface area (Å²) in [6.45, 7) is 4.81. The van der Waals surface area contributed by atoms with Crippen LogP contribution in [-0.4, -0.2) is 76.0 Å². The molecule has 0 aliphatic carbocycles. The number of ether oxygens (including phenoxy) is 1. The number of hydrogen-bond donors (Lipinski definition) is 0. The van der Waals surface area contributed by atoms with Gasteiger partial charge in [-0.15, -0.1) is 0 Å². The first kappa shape index (κ1) is 31.2. The molecule has 4 aromatic rings. The molecule has 0 N–H and O–H groups in total.